The van der Waals surface area contributed by atoms with E-state index in [-0.39, 0.29) is 11.9 Å². The van der Waals surface area contributed by atoms with Gasteiger partial charge in [-0.3, -0.25) is 4.57 Å². The fourth-order valence-corrected chi connectivity index (χ4v) is 3.41. The first kappa shape index (κ1) is 18.2. The van der Waals surface area contributed by atoms with Gasteiger partial charge in [-0.2, -0.15) is 13.2 Å². The molecule has 0 spiro atoms. The maximum absolute atomic E-state index is 12.8. The molecule has 4 nitrogen and oxygen atoms in total. The Bertz CT molecular complexity index is 1320. The van der Waals surface area contributed by atoms with Gasteiger partial charge in [0.05, 0.1) is 16.8 Å². The monoisotopic (exact) mass is 405 g/mol. The topological polar surface area (TPSA) is 43.9 Å². The Kier molecular flexibility index (Phi) is 4.17. The second-order valence-corrected chi connectivity index (χ2v) is 6.75. The summed E-state index contributed by atoms with van der Waals surface area (Å²) in [5, 5.41) is 9.23. The van der Waals surface area contributed by atoms with E-state index in [2.05, 4.69) is 10.2 Å². The van der Waals surface area contributed by atoms with Crippen LogP contribution in [-0.4, -0.2) is 14.8 Å². The largest absolute Gasteiger partial charge is 0.416 e. The average Bonchev–Trinajstić information content (AvgIpc) is 3.38. The summed E-state index contributed by atoms with van der Waals surface area (Å²) >= 11 is 0. The van der Waals surface area contributed by atoms with E-state index in [0.717, 1.165) is 34.3 Å². The summed E-state index contributed by atoms with van der Waals surface area (Å²) in [4.78, 5) is 0. The van der Waals surface area contributed by atoms with Crippen LogP contribution in [0.15, 0.2) is 89.3 Å². The number of para-hydroxylation sites is 1. The summed E-state index contributed by atoms with van der Waals surface area (Å²) in [7, 11) is 0. The van der Waals surface area contributed by atoms with Crippen molar-refractivity contribution in [3.8, 4) is 28.7 Å². The van der Waals surface area contributed by atoms with Crippen molar-refractivity contribution in [3.05, 3.63) is 90.5 Å². The summed E-state index contributed by atoms with van der Waals surface area (Å²) in [6.07, 6.45) is -4.40. The predicted molar refractivity (Wildman–Crippen MR) is 107 cm³/mol. The standard InChI is InChI=1S/C23H14F3N3O/c24-23(25,26)18-12-10-16(11-13-18)21-27-28-22(30-21)29-19-9-5-4-8-17(19)14-20(29)15-6-2-1-3-7-15/h1-14H. The number of aromatic nitrogens is 3. The molecular weight excluding hydrogens is 391 g/mol. The van der Waals surface area contributed by atoms with Crippen LogP contribution in [-0.2, 0) is 6.18 Å². The molecular formula is C23H14F3N3O. The van der Waals surface area contributed by atoms with Gasteiger partial charge in [-0.05, 0) is 42.0 Å². The van der Waals surface area contributed by atoms with Gasteiger partial charge in [-0.1, -0.05) is 53.6 Å². The fraction of sp³-hybridized carbons (Fsp3) is 0.0435. The smallest absolute Gasteiger partial charge is 0.403 e. The molecule has 0 aliphatic carbocycles. The molecule has 30 heavy (non-hydrogen) atoms. The SMILES string of the molecule is FC(F)(F)c1ccc(-c2nnc(-n3c(-c4ccccc4)cc4ccccc43)o2)cc1. The first-order valence-electron chi connectivity index (χ1n) is 9.18. The zero-order chi connectivity index (χ0) is 20.7. The normalized spacial score (nSPS) is 11.8. The van der Waals surface area contributed by atoms with Crippen molar-refractivity contribution in [2.75, 3.05) is 0 Å². The minimum Gasteiger partial charge on any atom is -0.403 e. The van der Waals surface area contributed by atoms with Gasteiger partial charge in [-0.25, -0.2) is 0 Å². The lowest BCUT2D eigenvalue weighted by molar-refractivity contribution is -0.137. The number of hydrogen-bond donors (Lipinski definition) is 0. The molecule has 2 aromatic heterocycles. The fourth-order valence-electron chi connectivity index (χ4n) is 3.41. The van der Waals surface area contributed by atoms with E-state index in [9.17, 15) is 13.2 Å². The summed E-state index contributed by atoms with van der Waals surface area (Å²) in [5.41, 5.74) is 2.43. The van der Waals surface area contributed by atoms with Crippen LogP contribution in [0, 0.1) is 0 Å². The highest BCUT2D eigenvalue weighted by atomic mass is 19.4. The highest BCUT2D eigenvalue weighted by molar-refractivity contribution is 5.88. The lowest BCUT2D eigenvalue weighted by Gasteiger charge is -2.07. The molecule has 0 atom stereocenters. The maximum atomic E-state index is 12.8. The second kappa shape index (κ2) is 6.88. The number of halogens is 3. The number of hydrogen-bond acceptors (Lipinski definition) is 3. The van der Waals surface area contributed by atoms with Crippen LogP contribution in [0.2, 0.25) is 0 Å². The van der Waals surface area contributed by atoms with Crippen molar-refractivity contribution in [2.24, 2.45) is 0 Å². The van der Waals surface area contributed by atoms with E-state index in [1.165, 1.54) is 12.1 Å². The zero-order valence-electron chi connectivity index (χ0n) is 15.5. The Morgan fingerprint density at radius 3 is 2.17 bits per heavy atom. The van der Waals surface area contributed by atoms with Gasteiger partial charge >= 0.3 is 12.2 Å². The summed E-state index contributed by atoms with van der Waals surface area (Å²) < 4.78 is 46.2. The molecule has 3 aromatic carbocycles. The molecule has 5 rings (SSSR count). The molecule has 0 fully saturated rings. The van der Waals surface area contributed by atoms with Gasteiger partial charge in [0.15, 0.2) is 0 Å². The van der Waals surface area contributed by atoms with Crippen molar-refractivity contribution < 1.29 is 17.6 Å². The molecule has 2 heterocycles. The molecule has 7 heteroatoms. The zero-order valence-corrected chi connectivity index (χ0v) is 15.5. The van der Waals surface area contributed by atoms with E-state index in [4.69, 9.17) is 4.42 Å². The third kappa shape index (κ3) is 3.14. The molecule has 0 saturated heterocycles. The van der Waals surface area contributed by atoms with Gasteiger partial charge in [0.2, 0.25) is 5.89 Å². The minimum absolute atomic E-state index is 0.149. The highest BCUT2D eigenvalue weighted by Gasteiger charge is 2.30. The quantitative estimate of drug-likeness (QED) is 0.350. The van der Waals surface area contributed by atoms with Gasteiger partial charge < -0.3 is 4.42 Å². The van der Waals surface area contributed by atoms with Crippen LogP contribution in [0.5, 0.6) is 0 Å². The summed E-state index contributed by atoms with van der Waals surface area (Å²) in [6, 6.07) is 24.5. The summed E-state index contributed by atoms with van der Waals surface area (Å²) in [5.74, 6) is 0.149. The molecule has 0 radical (unpaired) electrons. The van der Waals surface area contributed by atoms with Gasteiger partial charge in [0, 0.05) is 10.9 Å². The van der Waals surface area contributed by atoms with Gasteiger partial charge in [0.25, 0.3) is 0 Å². The number of alkyl halides is 3. The number of benzene rings is 3. The Hall–Kier alpha value is -3.87. The van der Waals surface area contributed by atoms with E-state index in [1.807, 2.05) is 65.2 Å². The first-order valence-corrected chi connectivity index (χ1v) is 9.18. The minimum atomic E-state index is -4.40. The average molecular weight is 405 g/mol. The van der Waals surface area contributed by atoms with Crippen LogP contribution in [0.25, 0.3) is 39.6 Å². The lowest BCUT2D eigenvalue weighted by Crippen LogP contribution is -2.03. The maximum Gasteiger partial charge on any atom is 0.416 e. The Labute approximate surface area is 169 Å². The molecule has 0 aliphatic heterocycles. The van der Waals surface area contributed by atoms with Crippen molar-refractivity contribution >= 4 is 10.9 Å². The van der Waals surface area contributed by atoms with Gasteiger partial charge in [0.1, 0.15) is 0 Å². The lowest BCUT2D eigenvalue weighted by atomic mass is 10.1. The molecule has 0 N–H and O–H groups in total. The van der Waals surface area contributed by atoms with E-state index in [0.29, 0.717) is 5.56 Å². The molecule has 0 unspecified atom stereocenters. The number of nitrogens with zero attached hydrogens (tertiary/aromatic N) is 3. The van der Waals surface area contributed by atoms with Crippen molar-refractivity contribution in [1.29, 1.82) is 0 Å². The second-order valence-electron chi connectivity index (χ2n) is 6.75. The molecule has 5 aromatic rings. The Balaban J connectivity index is 1.62. The van der Waals surface area contributed by atoms with E-state index >= 15 is 0 Å². The van der Waals surface area contributed by atoms with E-state index in [1.54, 1.807) is 0 Å². The van der Waals surface area contributed by atoms with Gasteiger partial charge in [-0.15, -0.1) is 5.10 Å². The summed E-state index contributed by atoms with van der Waals surface area (Å²) in [6.45, 7) is 0. The molecule has 0 bridgehead atoms. The predicted octanol–water partition coefficient (Wildman–Crippen LogP) is 6.37. The van der Waals surface area contributed by atoms with Crippen LogP contribution >= 0.6 is 0 Å². The van der Waals surface area contributed by atoms with Crippen LogP contribution in [0.3, 0.4) is 0 Å². The number of fused-ring (bicyclic) bond motifs is 1. The Morgan fingerprint density at radius 2 is 1.43 bits per heavy atom. The molecule has 148 valence electrons. The third-order valence-electron chi connectivity index (χ3n) is 4.85. The van der Waals surface area contributed by atoms with Crippen LogP contribution in [0.1, 0.15) is 5.56 Å². The molecule has 0 amide bonds. The van der Waals surface area contributed by atoms with Crippen LogP contribution < -0.4 is 0 Å². The first-order chi connectivity index (χ1) is 14.5. The van der Waals surface area contributed by atoms with Crippen molar-refractivity contribution in [1.82, 2.24) is 14.8 Å². The van der Waals surface area contributed by atoms with E-state index < -0.39 is 11.7 Å². The Morgan fingerprint density at radius 1 is 0.733 bits per heavy atom. The van der Waals surface area contributed by atoms with Crippen molar-refractivity contribution in [3.63, 3.8) is 0 Å². The van der Waals surface area contributed by atoms with Crippen molar-refractivity contribution in [2.45, 2.75) is 6.18 Å². The molecule has 0 saturated carbocycles. The number of rotatable bonds is 3. The third-order valence-corrected chi connectivity index (χ3v) is 4.85. The highest BCUT2D eigenvalue weighted by Crippen LogP contribution is 2.33. The molecule has 0 aliphatic rings. The van der Waals surface area contributed by atoms with Crippen LogP contribution in [0.4, 0.5) is 13.2 Å².